The molecule has 2 aliphatic carbocycles. The molecule has 40 heavy (non-hydrogen) atoms. The molecule has 0 aliphatic heterocycles. The summed E-state index contributed by atoms with van der Waals surface area (Å²) in [4.78, 5) is 0. The van der Waals surface area contributed by atoms with Gasteiger partial charge in [-0.2, -0.15) is 0 Å². The Morgan fingerprint density at radius 1 is 0.625 bits per heavy atom. The fourth-order valence-corrected chi connectivity index (χ4v) is 7.98. The lowest BCUT2D eigenvalue weighted by molar-refractivity contribution is 0.0712. The van der Waals surface area contributed by atoms with Crippen LogP contribution in [0.3, 0.4) is 0 Å². The maximum Gasteiger partial charge on any atom is -0.0156 e. The number of hydrogen-bond donors (Lipinski definition) is 0. The summed E-state index contributed by atoms with van der Waals surface area (Å²) >= 11 is 0. The van der Waals surface area contributed by atoms with E-state index in [2.05, 4.69) is 118 Å². The first kappa shape index (κ1) is 35.2. The molecule has 2 aliphatic rings. The lowest BCUT2D eigenvalue weighted by atomic mass is 9.62. The number of hydrogen-bond acceptors (Lipinski definition) is 0. The minimum Gasteiger partial charge on any atom is -0.0880 e. The van der Waals surface area contributed by atoms with Crippen LogP contribution in [0.1, 0.15) is 146 Å². The normalized spacial score (nSPS) is 30.4. The largest absolute Gasteiger partial charge is 0.0880 e. The Kier molecular flexibility index (Phi) is 15.1. The molecule has 0 aromatic carbocycles. The van der Waals surface area contributed by atoms with E-state index in [1.165, 1.54) is 57.8 Å². The van der Waals surface area contributed by atoms with Crippen LogP contribution in [0.5, 0.6) is 0 Å². The predicted octanol–water partition coefficient (Wildman–Crippen LogP) is 13.0. The number of allylic oxidation sites excluding steroid dienone is 8. The SMILES string of the molecule is C[C@@H](C/C=C/[C@H](C)C/C=C\C[C@H](C)/C=C/C[C@H](C)/C=C/[C@@H]1[C@@H](C)CCCC1(C)C)CC[C@H]1[C@@H](C)CCCC1(C)C. The third kappa shape index (κ3) is 12.4. The molecule has 8 atom stereocenters. The zero-order valence-electron chi connectivity index (χ0n) is 28.7. The standard InChI is InChI=1S/C40H70/c1-31(19-13-21-33(3)25-27-37-35(5)23-15-29-39(37,7)8)17-11-12-18-32(2)20-14-22-34(4)26-28-38-36(6)24-16-30-40(38,9)10/h11-14,19-20,25,27,31-38H,15-18,21-24,26,28-30H2,1-10H3/b12-11-,19-13+,20-14+,27-25+/t31-,32+,33-,34-,35-,36-,37+,38-/m0/s1. The van der Waals surface area contributed by atoms with E-state index in [0.717, 1.165) is 48.9 Å². The third-order valence-corrected chi connectivity index (χ3v) is 10.9. The summed E-state index contributed by atoms with van der Waals surface area (Å²) in [6.45, 7) is 24.5. The van der Waals surface area contributed by atoms with Gasteiger partial charge in [-0.1, -0.05) is 150 Å². The van der Waals surface area contributed by atoms with Crippen molar-refractivity contribution in [1.82, 2.24) is 0 Å². The van der Waals surface area contributed by atoms with Gasteiger partial charge >= 0.3 is 0 Å². The van der Waals surface area contributed by atoms with Crippen LogP contribution < -0.4 is 0 Å². The second kappa shape index (κ2) is 17.2. The lowest BCUT2D eigenvalue weighted by Gasteiger charge is -2.43. The van der Waals surface area contributed by atoms with Crippen molar-refractivity contribution in [1.29, 1.82) is 0 Å². The molecule has 0 aromatic rings. The Bertz CT molecular complexity index is 804. The molecule has 0 unspecified atom stereocenters. The molecule has 0 saturated heterocycles. The van der Waals surface area contributed by atoms with Gasteiger partial charge in [0.05, 0.1) is 0 Å². The summed E-state index contributed by atoms with van der Waals surface area (Å²) in [5, 5.41) is 0. The monoisotopic (exact) mass is 551 g/mol. The van der Waals surface area contributed by atoms with E-state index in [-0.39, 0.29) is 0 Å². The maximum atomic E-state index is 2.56. The van der Waals surface area contributed by atoms with E-state index in [0.29, 0.717) is 28.6 Å². The molecule has 2 fully saturated rings. The zero-order chi connectivity index (χ0) is 29.8. The first-order valence-electron chi connectivity index (χ1n) is 17.5. The van der Waals surface area contributed by atoms with Crippen LogP contribution in [-0.2, 0) is 0 Å². The second-order valence-corrected chi connectivity index (χ2v) is 16.1. The van der Waals surface area contributed by atoms with Crippen LogP contribution in [0.25, 0.3) is 0 Å². The molecule has 0 heteroatoms. The summed E-state index contributed by atoms with van der Waals surface area (Å²) in [5.41, 5.74) is 1.00. The van der Waals surface area contributed by atoms with E-state index in [9.17, 15) is 0 Å². The van der Waals surface area contributed by atoms with Gasteiger partial charge in [0.2, 0.25) is 0 Å². The summed E-state index contributed by atoms with van der Waals surface area (Å²) in [7, 11) is 0. The molecular formula is C40H70. The van der Waals surface area contributed by atoms with Gasteiger partial charge in [0, 0.05) is 0 Å². The van der Waals surface area contributed by atoms with Crippen LogP contribution >= 0.6 is 0 Å². The summed E-state index contributed by atoms with van der Waals surface area (Å²) in [6.07, 6.45) is 35.6. The molecule has 0 N–H and O–H groups in total. The minimum absolute atomic E-state index is 0.459. The highest BCUT2D eigenvalue weighted by atomic mass is 14.4. The van der Waals surface area contributed by atoms with Crippen LogP contribution in [0.4, 0.5) is 0 Å². The summed E-state index contributed by atoms with van der Waals surface area (Å²) < 4.78 is 0. The third-order valence-electron chi connectivity index (χ3n) is 10.9. The quantitative estimate of drug-likeness (QED) is 0.178. The fourth-order valence-electron chi connectivity index (χ4n) is 7.98. The Hall–Kier alpha value is -1.04. The molecule has 0 aromatic heterocycles. The fraction of sp³-hybridized carbons (Fsp3) is 0.800. The van der Waals surface area contributed by atoms with Crippen molar-refractivity contribution >= 4 is 0 Å². The Labute approximate surface area is 252 Å². The number of rotatable bonds is 15. The van der Waals surface area contributed by atoms with Gasteiger partial charge in [0.15, 0.2) is 0 Å². The van der Waals surface area contributed by atoms with E-state index in [1.807, 2.05) is 0 Å². The average molecular weight is 551 g/mol. The second-order valence-electron chi connectivity index (χ2n) is 16.1. The van der Waals surface area contributed by atoms with Gasteiger partial charge in [0.1, 0.15) is 0 Å². The van der Waals surface area contributed by atoms with Gasteiger partial charge in [-0.15, -0.1) is 0 Å². The first-order valence-corrected chi connectivity index (χ1v) is 17.5. The molecule has 2 saturated carbocycles. The van der Waals surface area contributed by atoms with Gasteiger partial charge < -0.3 is 0 Å². The molecule has 0 bridgehead atoms. The minimum atomic E-state index is 0.459. The van der Waals surface area contributed by atoms with E-state index < -0.39 is 0 Å². The van der Waals surface area contributed by atoms with Crippen molar-refractivity contribution in [2.24, 2.45) is 58.2 Å². The van der Waals surface area contributed by atoms with Crippen molar-refractivity contribution in [3.8, 4) is 0 Å². The molecule has 0 nitrogen and oxygen atoms in total. The molecule has 0 radical (unpaired) electrons. The van der Waals surface area contributed by atoms with E-state index in [1.54, 1.807) is 0 Å². The van der Waals surface area contributed by atoms with E-state index in [4.69, 9.17) is 0 Å². The summed E-state index contributed by atoms with van der Waals surface area (Å²) in [6, 6.07) is 0. The van der Waals surface area contributed by atoms with Crippen LogP contribution in [0.15, 0.2) is 48.6 Å². The molecule has 230 valence electrons. The molecule has 0 heterocycles. The van der Waals surface area contributed by atoms with E-state index >= 15 is 0 Å². The van der Waals surface area contributed by atoms with Crippen molar-refractivity contribution in [2.75, 3.05) is 0 Å². The topological polar surface area (TPSA) is 0 Å². The Morgan fingerprint density at radius 2 is 1.12 bits per heavy atom. The van der Waals surface area contributed by atoms with Gasteiger partial charge in [-0.05, 0) is 103 Å². The van der Waals surface area contributed by atoms with Gasteiger partial charge in [0.25, 0.3) is 0 Å². The Balaban J connectivity index is 1.61. The molecule has 0 spiro atoms. The van der Waals surface area contributed by atoms with Crippen molar-refractivity contribution in [2.45, 2.75) is 146 Å². The summed E-state index contributed by atoms with van der Waals surface area (Å²) in [5.74, 6) is 6.06. The van der Waals surface area contributed by atoms with Crippen LogP contribution in [0.2, 0.25) is 0 Å². The maximum absolute atomic E-state index is 2.56. The molecule has 2 rings (SSSR count). The van der Waals surface area contributed by atoms with Crippen LogP contribution in [0, 0.1) is 58.2 Å². The molecular weight excluding hydrogens is 480 g/mol. The zero-order valence-corrected chi connectivity index (χ0v) is 28.7. The highest BCUT2D eigenvalue weighted by molar-refractivity contribution is 5.03. The van der Waals surface area contributed by atoms with Crippen molar-refractivity contribution in [3.63, 3.8) is 0 Å². The Morgan fingerprint density at radius 3 is 1.70 bits per heavy atom. The van der Waals surface area contributed by atoms with Crippen molar-refractivity contribution < 1.29 is 0 Å². The lowest BCUT2D eigenvalue weighted by Crippen LogP contribution is -2.33. The van der Waals surface area contributed by atoms with Gasteiger partial charge in [-0.3, -0.25) is 0 Å². The highest BCUT2D eigenvalue weighted by Crippen LogP contribution is 2.47. The molecule has 0 amide bonds. The predicted molar refractivity (Wildman–Crippen MR) is 181 cm³/mol. The van der Waals surface area contributed by atoms with Gasteiger partial charge in [-0.25, -0.2) is 0 Å². The first-order chi connectivity index (χ1) is 18.8. The smallest absolute Gasteiger partial charge is 0.0156 e. The highest BCUT2D eigenvalue weighted by Gasteiger charge is 2.36. The van der Waals surface area contributed by atoms with Crippen LogP contribution in [-0.4, -0.2) is 0 Å². The van der Waals surface area contributed by atoms with Crippen molar-refractivity contribution in [3.05, 3.63) is 48.6 Å². The average Bonchev–Trinajstić information content (AvgIpc) is 2.85.